The van der Waals surface area contributed by atoms with E-state index >= 15 is 0 Å². The highest BCUT2D eigenvalue weighted by atomic mass is 16.3. The summed E-state index contributed by atoms with van der Waals surface area (Å²) in [6.45, 7) is 1.66. The van der Waals surface area contributed by atoms with Crippen LogP contribution in [0.4, 0.5) is 0 Å². The van der Waals surface area contributed by atoms with Gasteiger partial charge in [-0.2, -0.15) is 0 Å². The summed E-state index contributed by atoms with van der Waals surface area (Å²) in [6, 6.07) is 8.34. The average Bonchev–Trinajstić information content (AvgIpc) is 3.14. The van der Waals surface area contributed by atoms with Crippen LogP contribution in [0.1, 0.15) is 27.9 Å². The maximum absolute atomic E-state index is 13.0. The summed E-state index contributed by atoms with van der Waals surface area (Å²) in [5.41, 5.74) is 3.43. The summed E-state index contributed by atoms with van der Waals surface area (Å²) >= 11 is 0. The Kier molecular flexibility index (Phi) is 3.73. The highest BCUT2D eigenvalue weighted by Crippen LogP contribution is 2.33. The predicted octanol–water partition coefficient (Wildman–Crippen LogP) is 1.20. The SMILES string of the molecule is O=C(c1cnc2[nH]cncc1-2)N1CC[C@]2(Cc3ccccc3CN2)[C@H](O)C1. The van der Waals surface area contributed by atoms with E-state index in [4.69, 9.17) is 0 Å². The van der Waals surface area contributed by atoms with Crippen LogP contribution in [0.5, 0.6) is 0 Å². The first-order chi connectivity index (χ1) is 13.2. The number of piperidine rings is 1. The van der Waals surface area contributed by atoms with Crippen LogP contribution >= 0.6 is 0 Å². The summed E-state index contributed by atoms with van der Waals surface area (Å²) in [5, 5.41) is 14.5. The quantitative estimate of drug-likeness (QED) is 0.604. The molecule has 0 radical (unpaired) electrons. The summed E-state index contributed by atoms with van der Waals surface area (Å²) in [4.78, 5) is 26.0. The lowest BCUT2D eigenvalue weighted by Crippen LogP contribution is -2.65. The zero-order chi connectivity index (χ0) is 18.4. The molecule has 7 nitrogen and oxygen atoms in total. The van der Waals surface area contributed by atoms with E-state index in [0.717, 1.165) is 13.0 Å². The first-order valence-electron chi connectivity index (χ1n) is 9.22. The van der Waals surface area contributed by atoms with Crippen molar-refractivity contribution >= 4 is 5.91 Å². The molecular formula is C20H21N5O2. The number of hydrogen-bond acceptors (Lipinski definition) is 5. The number of benzene rings is 1. The molecule has 0 saturated carbocycles. The van der Waals surface area contributed by atoms with Gasteiger partial charge in [0.15, 0.2) is 0 Å². The smallest absolute Gasteiger partial charge is 0.256 e. The fourth-order valence-corrected chi connectivity index (χ4v) is 4.34. The Morgan fingerprint density at radius 1 is 1.26 bits per heavy atom. The van der Waals surface area contributed by atoms with E-state index in [-0.39, 0.29) is 11.4 Å². The van der Waals surface area contributed by atoms with Crippen molar-refractivity contribution < 1.29 is 9.90 Å². The number of aromatic nitrogens is 3. The molecule has 1 saturated heterocycles. The van der Waals surface area contributed by atoms with E-state index in [0.29, 0.717) is 36.5 Å². The van der Waals surface area contributed by atoms with Gasteiger partial charge in [0.1, 0.15) is 5.82 Å². The fourth-order valence-electron chi connectivity index (χ4n) is 4.34. The first-order valence-corrected chi connectivity index (χ1v) is 9.22. The molecule has 3 N–H and O–H groups in total. The molecule has 0 aromatic heterocycles. The summed E-state index contributed by atoms with van der Waals surface area (Å²) in [5.74, 6) is 0.539. The average molecular weight is 363 g/mol. The van der Waals surface area contributed by atoms with Gasteiger partial charge >= 0.3 is 0 Å². The van der Waals surface area contributed by atoms with Crippen molar-refractivity contribution in [2.45, 2.75) is 31.0 Å². The van der Waals surface area contributed by atoms with Gasteiger partial charge < -0.3 is 20.3 Å². The molecule has 7 heteroatoms. The van der Waals surface area contributed by atoms with Gasteiger partial charge in [0.2, 0.25) is 0 Å². The summed E-state index contributed by atoms with van der Waals surface area (Å²) < 4.78 is 0. The van der Waals surface area contributed by atoms with Crippen molar-refractivity contribution in [1.82, 2.24) is 25.2 Å². The van der Waals surface area contributed by atoms with Crippen LogP contribution < -0.4 is 5.32 Å². The lowest BCUT2D eigenvalue weighted by atomic mass is 9.76. The number of amides is 1. The second kappa shape index (κ2) is 6.14. The first kappa shape index (κ1) is 16.4. The maximum Gasteiger partial charge on any atom is 0.256 e. The summed E-state index contributed by atoms with van der Waals surface area (Å²) in [6.07, 6.45) is 5.65. The molecule has 1 amide bonds. The molecule has 1 fully saturated rings. The monoisotopic (exact) mass is 363 g/mol. The molecule has 4 aliphatic rings. The van der Waals surface area contributed by atoms with Crippen LogP contribution in [0.2, 0.25) is 0 Å². The zero-order valence-corrected chi connectivity index (χ0v) is 14.9. The Balaban J connectivity index is 1.35. The van der Waals surface area contributed by atoms with Crippen molar-refractivity contribution in [3.05, 3.63) is 59.7 Å². The Bertz CT molecular complexity index is 970. The maximum atomic E-state index is 13.0. The third-order valence-corrected chi connectivity index (χ3v) is 5.98. The zero-order valence-electron chi connectivity index (χ0n) is 14.9. The van der Waals surface area contributed by atoms with Gasteiger partial charge in [-0.25, -0.2) is 9.97 Å². The van der Waals surface area contributed by atoms with Crippen LogP contribution in [0.25, 0.3) is 11.4 Å². The largest absolute Gasteiger partial charge is 0.389 e. The molecule has 4 heterocycles. The lowest BCUT2D eigenvalue weighted by molar-refractivity contribution is -0.0138. The standard InChI is InChI=1S/C20H21N5O2/c26-17-11-25(19(27)16-10-22-18-15(16)9-21-12-23-18)6-5-20(17)7-13-3-1-2-4-14(13)8-24-20/h1-4,9-10,12,17,24,26H,5-8,11H2,(H,21,22,23)/t17-,20+/m1/s1. The molecule has 1 aromatic carbocycles. The molecule has 1 aromatic rings. The number of carbonyl (C=O) groups excluding carboxylic acids is 1. The topological polar surface area (TPSA) is 94.1 Å². The summed E-state index contributed by atoms with van der Waals surface area (Å²) in [7, 11) is 0. The highest BCUT2D eigenvalue weighted by molar-refractivity contribution is 6.00. The van der Waals surface area contributed by atoms with Gasteiger partial charge in [-0.05, 0) is 24.0 Å². The van der Waals surface area contributed by atoms with Gasteiger partial charge in [-0.1, -0.05) is 24.3 Å². The minimum Gasteiger partial charge on any atom is -0.389 e. The minimum atomic E-state index is -0.623. The number of fused-ring (bicyclic) bond motifs is 2. The van der Waals surface area contributed by atoms with Crippen molar-refractivity contribution in [3.8, 4) is 11.4 Å². The van der Waals surface area contributed by atoms with E-state index in [1.165, 1.54) is 11.1 Å². The number of carbonyl (C=O) groups is 1. The number of nitrogens with one attached hydrogen (secondary N) is 2. The van der Waals surface area contributed by atoms with Crippen LogP contribution in [-0.2, 0) is 13.0 Å². The Morgan fingerprint density at radius 3 is 2.96 bits per heavy atom. The number of aliphatic hydroxyl groups excluding tert-OH is 1. The molecule has 4 aliphatic heterocycles. The number of aromatic amines is 1. The number of aliphatic hydroxyl groups is 1. The van der Waals surface area contributed by atoms with E-state index < -0.39 is 6.10 Å². The number of H-pyrrole nitrogens is 1. The number of likely N-dealkylation sites (tertiary alicyclic amines) is 1. The van der Waals surface area contributed by atoms with Crippen molar-refractivity contribution in [1.29, 1.82) is 0 Å². The van der Waals surface area contributed by atoms with Crippen LogP contribution in [0.15, 0.2) is 43.0 Å². The van der Waals surface area contributed by atoms with Gasteiger partial charge in [0, 0.05) is 37.6 Å². The van der Waals surface area contributed by atoms with E-state index in [1.54, 1.807) is 23.6 Å². The van der Waals surface area contributed by atoms with Gasteiger partial charge in [-0.3, -0.25) is 4.79 Å². The van der Waals surface area contributed by atoms with Gasteiger partial charge in [0.25, 0.3) is 5.91 Å². The van der Waals surface area contributed by atoms with Crippen LogP contribution in [0, 0.1) is 0 Å². The van der Waals surface area contributed by atoms with Crippen LogP contribution in [0.3, 0.4) is 0 Å². The molecule has 27 heavy (non-hydrogen) atoms. The molecule has 0 unspecified atom stereocenters. The Labute approximate surface area is 156 Å². The second-order valence-electron chi connectivity index (χ2n) is 7.46. The third kappa shape index (κ3) is 2.62. The fraction of sp³-hybridized carbons (Fsp3) is 0.350. The van der Waals surface area contributed by atoms with E-state index in [9.17, 15) is 9.90 Å². The normalized spacial score (nSPS) is 24.9. The van der Waals surface area contributed by atoms with E-state index in [2.05, 4.69) is 32.4 Å². The number of β-amino-alcohol motifs (C(OH)–C–C–N with tert-alkyl or cyclic N) is 1. The Hall–Kier alpha value is -2.77. The second-order valence-corrected chi connectivity index (χ2v) is 7.46. The number of hydrogen-bond donors (Lipinski definition) is 3. The molecule has 0 aliphatic carbocycles. The molecular weight excluding hydrogens is 342 g/mol. The molecule has 5 rings (SSSR count). The number of rotatable bonds is 1. The molecule has 0 bridgehead atoms. The van der Waals surface area contributed by atoms with E-state index in [1.807, 2.05) is 12.1 Å². The third-order valence-electron chi connectivity index (χ3n) is 5.98. The minimum absolute atomic E-state index is 0.107. The van der Waals surface area contributed by atoms with Gasteiger partial charge in [-0.15, -0.1) is 0 Å². The van der Waals surface area contributed by atoms with Gasteiger partial charge in [0.05, 0.1) is 23.5 Å². The Morgan fingerprint density at radius 2 is 2.11 bits per heavy atom. The highest BCUT2D eigenvalue weighted by Gasteiger charge is 2.45. The molecule has 2 atom stereocenters. The molecule has 1 spiro atoms. The van der Waals surface area contributed by atoms with Crippen molar-refractivity contribution in [3.63, 3.8) is 0 Å². The van der Waals surface area contributed by atoms with Crippen molar-refractivity contribution in [2.24, 2.45) is 0 Å². The van der Waals surface area contributed by atoms with Crippen molar-refractivity contribution in [2.75, 3.05) is 13.1 Å². The number of nitrogens with zero attached hydrogens (tertiary/aromatic N) is 3. The predicted molar refractivity (Wildman–Crippen MR) is 99.2 cm³/mol. The van der Waals surface area contributed by atoms with Crippen LogP contribution in [-0.4, -0.2) is 55.6 Å². The molecule has 138 valence electrons. The lowest BCUT2D eigenvalue weighted by Gasteiger charge is -2.48.